The average Bonchev–Trinajstić information content (AvgIpc) is 2.59. The van der Waals surface area contributed by atoms with E-state index in [2.05, 4.69) is 22.3 Å². The van der Waals surface area contributed by atoms with Crippen molar-refractivity contribution in [2.75, 3.05) is 18.4 Å². The number of rotatable bonds is 5. The highest BCUT2D eigenvalue weighted by Gasteiger charge is 2.22. The summed E-state index contributed by atoms with van der Waals surface area (Å²) in [5.41, 5.74) is 1.47. The molecular formula is C18H20FN3O2. The Kier molecular flexibility index (Phi) is 5.05. The number of benzene rings is 2. The SMILES string of the molecule is O=[N+]([O-])c1cc(F)ccc1NC1CCN(Cc2ccccc2)CC1. The van der Waals surface area contributed by atoms with Crippen molar-refractivity contribution in [3.8, 4) is 0 Å². The van der Waals surface area contributed by atoms with Crippen LogP contribution < -0.4 is 5.32 Å². The van der Waals surface area contributed by atoms with Crippen molar-refractivity contribution in [2.24, 2.45) is 0 Å². The van der Waals surface area contributed by atoms with E-state index in [0.29, 0.717) is 5.69 Å². The summed E-state index contributed by atoms with van der Waals surface area (Å²) < 4.78 is 13.2. The van der Waals surface area contributed by atoms with Gasteiger partial charge in [0, 0.05) is 25.7 Å². The van der Waals surface area contributed by atoms with Crippen molar-refractivity contribution < 1.29 is 9.31 Å². The molecule has 0 spiro atoms. The van der Waals surface area contributed by atoms with Crippen molar-refractivity contribution >= 4 is 11.4 Å². The van der Waals surface area contributed by atoms with Crippen molar-refractivity contribution in [3.63, 3.8) is 0 Å². The Morgan fingerprint density at radius 3 is 2.54 bits per heavy atom. The first-order valence-corrected chi connectivity index (χ1v) is 8.08. The molecule has 126 valence electrons. The predicted molar refractivity (Wildman–Crippen MR) is 91.4 cm³/mol. The lowest BCUT2D eigenvalue weighted by Crippen LogP contribution is -2.38. The number of piperidine rings is 1. The maximum Gasteiger partial charge on any atom is 0.295 e. The van der Waals surface area contributed by atoms with E-state index in [9.17, 15) is 14.5 Å². The first kappa shape index (κ1) is 16.4. The van der Waals surface area contributed by atoms with E-state index >= 15 is 0 Å². The van der Waals surface area contributed by atoms with Crippen molar-refractivity contribution in [3.05, 3.63) is 70.0 Å². The summed E-state index contributed by atoms with van der Waals surface area (Å²) in [7, 11) is 0. The first-order chi connectivity index (χ1) is 11.6. The summed E-state index contributed by atoms with van der Waals surface area (Å²) in [4.78, 5) is 12.9. The second-order valence-corrected chi connectivity index (χ2v) is 6.10. The van der Waals surface area contributed by atoms with Crippen LogP contribution in [0.2, 0.25) is 0 Å². The number of nitrogens with zero attached hydrogens (tertiary/aromatic N) is 2. The van der Waals surface area contributed by atoms with Gasteiger partial charge < -0.3 is 5.32 Å². The van der Waals surface area contributed by atoms with Crippen LogP contribution in [-0.2, 0) is 6.54 Å². The molecule has 1 fully saturated rings. The van der Waals surface area contributed by atoms with Crippen LogP contribution in [0.3, 0.4) is 0 Å². The lowest BCUT2D eigenvalue weighted by atomic mass is 10.0. The predicted octanol–water partition coefficient (Wildman–Crippen LogP) is 3.81. The number of anilines is 1. The number of hydrogen-bond acceptors (Lipinski definition) is 4. The lowest BCUT2D eigenvalue weighted by molar-refractivity contribution is -0.384. The molecule has 0 bridgehead atoms. The Labute approximate surface area is 140 Å². The maximum absolute atomic E-state index is 13.2. The van der Waals surface area contributed by atoms with Gasteiger partial charge in [-0.25, -0.2) is 4.39 Å². The van der Waals surface area contributed by atoms with Gasteiger partial charge in [0.05, 0.1) is 11.0 Å². The van der Waals surface area contributed by atoms with Crippen LogP contribution in [0.25, 0.3) is 0 Å². The molecule has 1 N–H and O–H groups in total. The van der Waals surface area contributed by atoms with Crippen LogP contribution in [0, 0.1) is 15.9 Å². The summed E-state index contributed by atoms with van der Waals surface area (Å²) in [5, 5.41) is 14.3. The molecule has 6 heteroatoms. The number of nitro benzene ring substituents is 1. The van der Waals surface area contributed by atoms with Crippen LogP contribution in [-0.4, -0.2) is 29.0 Å². The third-order valence-electron chi connectivity index (χ3n) is 4.35. The molecule has 0 saturated carbocycles. The van der Waals surface area contributed by atoms with E-state index in [-0.39, 0.29) is 11.7 Å². The van der Waals surface area contributed by atoms with Crippen LogP contribution in [0.1, 0.15) is 18.4 Å². The summed E-state index contributed by atoms with van der Waals surface area (Å²) in [5.74, 6) is -0.593. The van der Waals surface area contributed by atoms with Gasteiger partial charge in [0.2, 0.25) is 0 Å². The van der Waals surface area contributed by atoms with E-state index in [0.717, 1.165) is 38.5 Å². The molecule has 1 heterocycles. The number of hydrogen-bond donors (Lipinski definition) is 1. The minimum absolute atomic E-state index is 0.168. The molecule has 1 aliphatic rings. The Bertz CT molecular complexity index is 701. The highest BCUT2D eigenvalue weighted by molar-refractivity contribution is 5.61. The molecular weight excluding hydrogens is 309 g/mol. The van der Waals surface area contributed by atoms with E-state index in [1.807, 2.05) is 18.2 Å². The van der Waals surface area contributed by atoms with Crippen molar-refractivity contribution in [1.29, 1.82) is 0 Å². The fraction of sp³-hybridized carbons (Fsp3) is 0.333. The lowest BCUT2D eigenvalue weighted by Gasteiger charge is -2.32. The number of likely N-dealkylation sites (tertiary alicyclic amines) is 1. The van der Waals surface area contributed by atoms with Crippen LogP contribution in [0.5, 0.6) is 0 Å². The molecule has 0 atom stereocenters. The molecule has 3 rings (SSSR count). The average molecular weight is 329 g/mol. The Hall–Kier alpha value is -2.47. The Morgan fingerprint density at radius 1 is 1.17 bits per heavy atom. The number of nitro groups is 1. The molecule has 0 radical (unpaired) electrons. The van der Waals surface area contributed by atoms with E-state index in [1.54, 1.807) is 0 Å². The summed E-state index contributed by atoms with van der Waals surface area (Å²) in [6.07, 6.45) is 1.81. The van der Waals surface area contributed by atoms with Gasteiger partial charge in [-0.2, -0.15) is 0 Å². The van der Waals surface area contributed by atoms with Crippen LogP contribution in [0.15, 0.2) is 48.5 Å². The second kappa shape index (κ2) is 7.40. The molecule has 0 aliphatic carbocycles. The van der Waals surface area contributed by atoms with E-state index in [1.165, 1.54) is 17.7 Å². The smallest absolute Gasteiger partial charge is 0.295 e. The van der Waals surface area contributed by atoms with E-state index < -0.39 is 10.7 Å². The third-order valence-corrected chi connectivity index (χ3v) is 4.35. The maximum atomic E-state index is 13.2. The molecule has 0 unspecified atom stereocenters. The minimum Gasteiger partial charge on any atom is -0.377 e. The Balaban J connectivity index is 1.57. The number of nitrogens with one attached hydrogen (secondary N) is 1. The second-order valence-electron chi connectivity index (χ2n) is 6.10. The Morgan fingerprint density at radius 2 is 1.88 bits per heavy atom. The zero-order chi connectivity index (χ0) is 16.9. The summed E-state index contributed by atoms with van der Waals surface area (Å²) in [6, 6.07) is 14.2. The van der Waals surface area contributed by atoms with Gasteiger partial charge in [-0.3, -0.25) is 15.0 Å². The molecule has 24 heavy (non-hydrogen) atoms. The van der Waals surface area contributed by atoms with Gasteiger partial charge in [-0.15, -0.1) is 0 Å². The third kappa shape index (κ3) is 4.08. The highest BCUT2D eigenvalue weighted by atomic mass is 19.1. The number of halogens is 1. The molecule has 5 nitrogen and oxygen atoms in total. The molecule has 2 aromatic carbocycles. The fourth-order valence-electron chi connectivity index (χ4n) is 3.07. The summed E-state index contributed by atoms with van der Waals surface area (Å²) in [6.45, 7) is 2.79. The van der Waals surface area contributed by atoms with Gasteiger partial charge >= 0.3 is 0 Å². The van der Waals surface area contributed by atoms with Gasteiger partial charge in [0.15, 0.2) is 0 Å². The molecule has 1 saturated heterocycles. The van der Waals surface area contributed by atoms with Gasteiger partial charge in [-0.1, -0.05) is 30.3 Å². The first-order valence-electron chi connectivity index (χ1n) is 8.08. The standard InChI is InChI=1S/C18H20FN3O2/c19-15-6-7-17(18(12-15)22(23)24)20-16-8-10-21(11-9-16)13-14-4-2-1-3-5-14/h1-7,12,16,20H,8-11,13H2. The zero-order valence-electron chi connectivity index (χ0n) is 13.3. The van der Waals surface area contributed by atoms with Gasteiger partial charge in [0.1, 0.15) is 11.5 Å². The quantitative estimate of drug-likeness (QED) is 0.669. The molecule has 1 aliphatic heterocycles. The monoisotopic (exact) mass is 329 g/mol. The normalized spacial score (nSPS) is 16.0. The summed E-state index contributed by atoms with van der Waals surface area (Å²) >= 11 is 0. The van der Waals surface area contributed by atoms with Crippen molar-refractivity contribution in [1.82, 2.24) is 4.90 Å². The fourth-order valence-corrected chi connectivity index (χ4v) is 3.07. The largest absolute Gasteiger partial charge is 0.377 e. The molecule has 0 amide bonds. The zero-order valence-corrected chi connectivity index (χ0v) is 13.3. The van der Waals surface area contributed by atoms with Crippen LogP contribution >= 0.6 is 0 Å². The van der Waals surface area contributed by atoms with Gasteiger partial charge in [-0.05, 0) is 30.5 Å². The van der Waals surface area contributed by atoms with Gasteiger partial charge in [0.25, 0.3) is 5.69 Å². The topological polar surface area (TPSA) is 58.4 Å². The van der Waals surface area contributed by atoms with Crippen molar-refractivity contribution in [2.45, 2.75) is 25.4 Å². The minimum atomic E-state index is -0.593. The van der Waals surface area contributed by atoms with E-state index in [4.69, 9.17) is 0 Å². The highest BCUT2D eigenvalue weighted by Crippen LogP contribution is 2.27. The van der Waals surface area contributed by atoms with Crippen LogP contribution in [0.4, 0.5) is 15.8 Å². The molecule has 0 aromatic heterocycles. The molecule has 2 aromatic rings.